The molecule has 0 unspecified atom stereocenters. The first-order valence-electron chi connectivity index (χ1n) is 9.93. The van der Waals surface area contributed by atoms with Crippen LogP contribution in [0.25, 0.3) is 34.2 Å². The molecule has 0 fully saturated rings. The molecule has 2 aromatic heterocycles. The smallest absolute Gasteiger partial charge is 0.339 e. The summed E-state index contributed by atoms with van der Waals surface area (Å²) >= 11 is 0. The maximum atomic E-state index is 12.8. The third kappa shape index (κ3) is 4.04. The third-order valence-electron chi connectivity index (χ3n) is 4.76. The van der Waals surface area contributed by atoms with E-state index in [1.807, 2.05) is 66.7 Å². The SMILES string of the molecule is O=C(OCc1nnc(-c2ccccc2)o1)c1ccccc1-c1ncc(-c2ccccc2)o1. The van der Waals surface area contributed by atoms with Gasteiger partial charge in [0.05, 0.1) is 17.3 Å². The molecule has 0 spiro atoms. The largest absolute Gasteiger partial charge is 0.452 e. The van der Waals surface area contributed by atoms with Gasteiger partial charge < -0.3 is 13.6 Å². The minimum Gasteiger partial charge on any atom is -0.452 e. The van der Waals surface area contributed by atoms with Crippen molar-refractivity contribution < 1.29 is 18.4 Å². The van der Waals surface area contributed by atoms with E-state index in [1.54, 1.807) is 24.4 Å². The molecular weight excluding hydrogens is 406 g/mol. The van der Waals surface area contributed by atoms with Gasteiger partial charge in [0.25, 0.3) is 5.89 Å². The summed E-state index contributed by atoms with van der Waals surface area (Å²) in [6, 6.07) is 26.0. The minimum atomic E-state index is -0.542. The van der Waals surface area contributed by atoms with Crippen molar-refractivity contribution in [2.75, 3.05) is 0 Å². The number of carbonyl (C=O) groups excluding carboxylic acids is 1. The van der Waals surface area contributed by atoms with Crippen LogP contribution in [-0.2, 0) is 11.3 Å². The van der Waals surface area contributed by atoms with Gasteiger partial charge in [0.15, 0.2) is 12.4 Å². The molecule has 0 bridgehead atoms. The molecule has 7 nitrogen and oxygen atoms in total. The van der Waals surface area contributed by atoms with Gasteiger partial charge in [-0.05, 0) is 24.3 Å². The molecule has 0 atom stereocenters. The van der Waals surface area contributed by atoms with Crippen LogP contribution in [0.5, 0.6) is 0 Å². The second-order valence-corrected chi connectivity index (χ2v) is 6.88. The lowest BCUT2D eigenvalue weighted by atomic mass is 10.1. The van der Waals surface area contributed by atoms with Crippen molar-refractivity contribution in [1.29, 1.82) is 0 Å². The van der Waals surface area contributed by atoms with Crippen LogP contribution in [0.4, 0.5) is 0 Å². The third-order valence-corrected chi connectivity index (χ3v) is 4.76. The molecule has 0 N–H and O–H groups in total. The van der Waals surface area contributed by atoms with Gasteiger partial charge in [-0.1, -0.05) is 60.7 Å². The molecule has 0 radical (unpaired) electrons. The van der Waals surface area contributed by atoms with Crippen LogP contribution >= 0.6 is 0 Å². The molecule has 0 aliphatic heterocycles. The van der Waals surface area contributed by atoms with Gasteiger partial charge in [0.1, 0.15) is 0 Å². The van der Waals surface area contributed by atoms with E-state index < -0.39 is 5.97 Å². The fraction of sp³-hybridized carbons (Fsp3) is 0.0400. The number of aromatic nitrogens is 3. The Hall–Kier alpha value is -4.52. The summed E-state index contributed by atoms with van der Waals surface area (Å²) in [7, 11) is 0. The highest BCUT2D eigenvalue weighted by atomic mass is 16.5. The zero-order chi connectivity index (χ0) is 21.8. The van der Waals surface area contributed by atoms with E-state index >= 15 is 0 Å². The van der Waals surface area contributed by atoms with Crippen LogP contribution in [0.3, 0.4) is 0 Å². The Morgan fingerprint density at radius 2 is 1.44 bits per heavy atom. The predicted octanol–water partition coefficient (Wildman–Crippen LogP) is 5.42. The lowest BCUT2D eigenvalue weighted by Gasteiger charge is -2.06. The molecule has 3 aromatic carbocycles. The van der Waals surface area contributed by atoms with E-state index in [0.29, 0.717) is 28.7 Å². The molecular formula is C25H17N3O4. The highest BCUT2D eigenvalue weighted by Gasteiger charge is 2.19. The van der Waals surface area contributed by atoms with Crippen molar-refractivity contribution in [2.24, 2.45) is 0 Å². The Morgan fingerprint density at radius 3 is 2.22 bits per heavy atom. The Bertz CT molecular complexity index is 1340. The predicted molar refractivity (Wildman–Crippen MR) is 116 cm³/mol. The zero-order valence-electron chi connectivity index (χ0n) is 16.8. The quantitative estimate of drug-likeness (QED) is 0.337. The number of carbonyl (C=O) groups is 1. The first-order chi connectivity index (χ1) is 15.8. The van der Waals surface area contributed by atoms with Crippen molar-refractivity contribution in [3.8, 4) is 34.2 Å². The van der Waals surface area contributed by atoms with E-state index in [-0.39, 0.29) is 12.5 Å². The van der Waals surface area contributed by atoms with E-state index in [0.717, 1.165) is 11.1 Å². The van der Waals surface area contributed by atoms with Crippen LogP contribution in [0, 0.1) is 0 Å². The van der Waals surface area contributed by atoms with Gasteiger partial charge in [-0.25, -0.2) is 9.78 Å². The maximum Gasteiger partial charge on any atom is 0.339 e. The van der Waals surface area contributed by atoms with E-state index in [4.69, 9.17) is 13.6 Å². The van der Waals surface area contributed by atoms with Crippen molar-refractivity contribution in [3.05, 3.63) is 103 Å². The van der Waals surface area contributed by atoms with Crippen molar-refractivity contribution in [3.63, 3.8) is 0 Å². The Morgan fingerprint density at radius 1 is 0.750 bits per heavy atom. The van der Waals surface area contributed by atoms with Gasteiger partial charge in [0, 0.05) is 11.1 Å². The number of nitrogens with zero attached hydrogens (tertiary/aromatic N) is 3. The van der Waals surface area contributed by atoms with Crippen LogP contribution in [-0.4, -0.2) is 21.2 Å². The first kappa shape index (κ1) is 19.4. The van der Waals surface area contributed by atoms with Crippen molar-refractivity contribution >= 4 is 5.97 Å². The van der Waals surface area contributed by atoms with Crippen LogP contribution < -0.4 is 0 Å². The number of oxazole rings is 1. The zero-order valence-corrected chi connectivity index (χ0v) is 16.8. The van der Waals surface area contributed by atoms with Gasteiger partial charge in [-0.2, -0.15) is 0 Å². The summed E-state index contributed by atoms with van der Waals surface area (Å²) in [6.45, 7) is -0.145. The number of rotatable bonds is 6. The van der Waals surface area contributed by atoms with Crippen LogP contribution in [0.1, 0.15) is 16.2 Å². The van der Waals surface area contributed by atoms with Crippen molar-refractivity contribution in [1.82, 2.24) is 15.2 Å². The molecule has 32 heavy (non-hydrogen) atoms. The highest BCUT2D eigenvalue weighted by molar-refractivity contribution is 5.96. The summed E-state index contributed by atoms with van der Waals surface area (Å²) in [6.07, 6.45) is 1.64. The summed E-state index contributed by atoms with van der Waals surface area (Å²) in [4.78, 5) is 17.1. The molecule has 5 rings (SSSR count). The number of hydrogen-bond donors (Lipinski definition) is 0. The number of ether oxygens (including phenoxy) is 1. The fourth-order valence-electron chi connectivity index (χ4n) is 3.20. The standard InChI is InChI=1S/C25H17N3O4/c29-25(30-16-22-27-28-23(32-22)18-11-5-2-6-12-18)20-14-8-7-13-19(20)24-26-15-21(31-24)17-9-3-1-4-10-17/h1-15H,16H2. The molecule has 0 saturated carbocycles. The second-order valence-electron chi connectivity index (χ2n) is 6.88. The second kappa shape index (κ2) is 8.69. The Balaban J connectivity index is 1.33. The average molecular weight is 423 g/mol. The molecule has 2 heterocycles. The van der Waals surface area contributed by atoms with E-state index in [2.05, 4.69) is 15.2 Å². The monoisotopic (exact) mass is 423 g/mol. The first-order valence-corrected chi connectivity index (χ1v) is 9.93. The number of benzene rings is 3. The molecule has 0 aliphatic rings. The minimum absolute atomic E-state index is 0.145. The Labute approximate surface area is 183 Å². The number of esters is 1. The number of hydrogen-bond acceptors (Lipinski definition) is 7. The highest BCUT2D eigenvalue weighted by Crippen LogP contribution is 2.28. The average Bonchev–Trinajstić information content (AvgIpc) is 3.54. The molecule has 0 amide bonds. The topological polar surface area (TPSA) is 91.2 Å². The maximum absolute atomic E-state index is 12.8. The molecule has 0 aliphatic carbocycles. The lowest BCUT2D eigenvalue weighted by Crippen LogP contribution is -2.07. The van der Waals surface area contributed by atoms with Gasteiger partial charge in [0.2, 0.25) is 11.8 Å². The van der Waals surface area contributed by atoms with Crippen LogP contribution in [0.15, 0.2) is 100.0 Å². The summed E-state index contributed by atoms with van der Waals surface area (Å²) < 4.78 is 16.9. The molecule has 0 saturated heterocycles. The van der Waals surface area contributed by atoms with Crippen LogP contribution in [0.2, 0.25) is 0 Å². The molecule has 7 heteroatoms. The Kier molecular flexibility index (Phi) is 5.28. The molecule has 5 aromatic rings. The lowest BCUT2D eigenvalue weighted by molar-refractivity contribution is 0.0439. The van der Waals surface area contributed by atoms with E-state index in [9.17, 15) is 4.79 Å². The molecule has 156 valence electrons. The summed E-state index contributed by atoms with van der Waals surface area (Å²) in [5, 5.41) is 7.95. The van der Waals surface area contributed by atoms with Gasteiger partial charge in [-0.15, -0.1) is 10.2 Å². The fourth-order valence-corrected chi connectivity index (χ4v) is 3.20. The summed E-state index contributed by atoms with van der Waals surface area (Å²) in [5.74, 6) is 0.977. The normalized spacial score (nSPS) is 10.8. The van der Waals surface area contributed by atoms with Crippen molar-refractivity contribution in [2.45, 2.75) is 6.61 Å². The summed E-state index contributed by atoms with van der Waals surface area (Å²) in [5.41, 5.74) is 2.56. The van der Waals surface area contributed by atoms with Gasteiger partial charge >= 0.3 is 5.97 Å². The van der Waals surface area contributed by atoms with Gasteiger partial charge in [-0.3, -0.25) is 0 Å². The van der Waals surface area contributed by atoms with E-state index in [1.165, 1.54) is 0 Å².